The molecule has 0 saturated heterocycles. The minimum Gasteiger partial charge on any atom is -0.493 e. The van der Waals surface area contributed by atoms with Gasteiger partial charge in [-0.1, -0.05) is 0 Å². The highest BCUT2D eigenvalue weighted by atomic mass is 32.2. The Bertz CT molecular complexity index is 1050. The summed E-state index contributed by atoms with van der Waals surface area (Å²) in [5.74, 6) is 1.26. The van der Waals surface area contributed by atoms with E-state index in [1.54, 1.807) is 18.2 Å². The van der Waals surface area contributed by atoms with Crippen LogP contribution in [0.4, 0.5) is 0 Å². The third-order valence-electron chi connectivity index (χ3n) is 4.06. The second-order valence-corrected chi connectivity index (χ2v) is 7.80. The molecule has 1 aliphatic heterocycles. The van der Waals surface area contributed by atoms with Gasteiger partial charge in [-0.3, -0.25) is 4.79 Å². The molecule has 0 saturated carbocycles. The van der Waals surface area contributed by atoms with Crippen molar-refractivity contribution in [1.82, 2.24) is 10.1 Å². The number of benzene rings is 2. The largest absolute Gasteiger partial charge is 0.493 e. The number of fused-ring (bicyclic) bond motifs is 1. The molecule has 160 valence electrons. The molecule has 2 aromatic rings. The van der Waals surface area contributed by atoms with Gasteiger partial charge in [0.05, 0.1) is 31.9 Å². The Balaban J connectivity index is 1.55. The first-order chi connectivity index (χ1) is 14.4. The number of carbonyl (C=O) groups excluding carboxylic acids is 1. The lowest BCUT2D eigenvalue weighted by Gasteiger charge is -2.18. The van der Waals surface area contributed by atoms with Crippen molar-refractivity contribution < 1.29 is 32.2 Å². The number of sulfonamides is 1. The van der Waals surface area contributed by atoms with E-state index in [0.717, 1.165) is 0 Å². The zero-order valence-electron chi connectivity index (χ0n) is 16.4. The molecule has 0 fully saturated rings. The molecular formula is C19H21N3O7S. The molecule has 2 aromatic carbocycles. The van der Waals surface area contributed by atoms with Crippen molar-refractivity contribution in [3.63, 3.8) is 0 Å². The van der Waals surface area contributed by atoms with Gasteiger partial charge in [0.2, 0.25) is 10.0 Å². The Morgan fingerprint density at radius 2 is 1.80 bits per heavy atom. The predicted octanol–water partition coefficient (Wildman–Crippen LogP) is 0.904. The van der Waals surface area contributed by atoms with Crippen molar-refractivity contribution in [3.8, 4) is 23.0 Å². The quantitative estimate of drug-likeness (QED) is 0.466. The van der Waals surface area contributed by atoms with Gasteiger partial charge >= 0.3 is 0 Å². The number of hydrazone groups is 1. The fraction of sp³-hybridized carbons (Fsp3) is 0.263. The van der Waals surface area contributed by atoms with Crippen molar-refractivity contribution in [2.45, 2.75) is 4.90 Å². The summed E-state index contributed by atoms with van der Waals surface area (Å²) in [6.07, 6.45) is 1.40. The molecule has 0 unspecified atom stereocenters. The van der Waals surface area contributed by atoms with Crippen molar-refractivity contribution in [1.29, 1.82) is 0 Å². The number of nitrogens with zero attached hydrogens (tertiary/aromatic N) is 1. The molecule has 30 heavy (non-hydrogen) atoms. The van der Waals surface area contributed by atoms with Crippen LogP contribution in [-0.4, -0.2) is 54.5 Å². The van der Waals surface area contributed by atoms with Gasteiger partial charge in [-0.2, -0.15) is 5.10 Å². The lowest BCUT2D eigenvalue weighted by Crippen LogP contribution is -2.35. The molecule has 0 bridgehead atoms. The normalized spacial score (nSPS) is 13.1. The molecule has 0 aliphatic carbocycles. The van der Waals surface area contributed by atoms with E-state index in [4.69, 9.17) is 18.9 Å². The third kappa shape index (κ3) is 5.19. The first-order valence-electron chi connectivity index (χ1n) is 8.86. The topological polar surface area (TPSA) is 125 Å². The highest BCUT2D eigenvalue weighted by Gasteiger charge is 2.20. The lowest BCUT2D eigenvalue weighted by atomic mass is 10.2. The highest BCUT2D eigenvalue weighted by Crippen LogP contribution is 2.32. The summed E-state index contributed by atoms with van der Waals surface area (Å²) in [4.78, 5) is 11.9. The molecule has 10 nitrogen and oxygen atoms in total. The second kappa shape index (κ2) is 9.46. The van der Waals surface area contributed by atoms with Crippen LogP contribution in [0.15, 0.2) is 46.4 Å². The average Bonchev–Trinajstić information content (AvgIpc) is 2.77. The summed E-state index contributed by atoms with van der Waals surface area (Å²) in [6, 6.07) is 9.34. The summed E-state index contributed by atoms with van der Waals surface area (Å²) >= 11 is 0. The maximum atomic E-state index is 12.4. The smallest absolute Gasteiger partial charge is 0.255 e. The van der Waals surface area contributed by atoms with Crippen molar-refractivity contribution in [2.75, 3.05) is 34.0 Å². The standard InChI is InChI=1S/C19H21N3O7S/c1-26-15-5-3-13(9-17(15)27-2)11-20-22-19(23)12-21-30(24,25)14-4-6-16-18(10-14)29-8-7-28-16/h3-6,9-11,21H,7-8,12H2,1-2H3,(H,22,23). The van der Waals surface area contributed by atoms with E-state index in [0.29, 0.717) is 41.8 Å². The molecule has 1 heterocycles. The second-order valence-electron chi connectivity index (χ2n) is 6.04. The van der Waals surface area contributed by atoms with Gasteiger partial charge in [-0.25, -0.2) is 18.6 Å². The van der Waals surface area contributed by atoms with Gasteiger partial charge in [0, 0.05) is 6.07 Å². The van der Waals surface area contributed by atoms with Crippen LogP contribution in [0.2, 0.25) is 0 Å². The summed E-state index contributed by atoms with van der Waals surface area (Å²) in [5.41, 5.74) is 2.92. The number of amides is 1. The van der Waals surface area contributed by atoms with Crippen LogP contribution in [0.1, 0.15) is 5.56 Å². The maximum Gasteiger partial charge on any atom is 0.255 e. The third-order valence-corrected chi connectivity index (χ3v) is 5.46. The van der Waals surface area contributed by atoms with E-state index < -0.39 is 22.5 Å². The molecule has 2 N–H and O–H groups in total. The first kappa shape index (κ1) is 21.4. The van der Waals surface area contributed by atoms with Gasteiger partial charge in [0.25, 0.3) is 5.91 Å². The Labute approximate surface area is 173 Å². The van der Waals surface area contributed by atoms with E-state index in [2.05, 4.69) is 15.2 Å². The number of nitrogens with one attached hydrogen (secondary N) is 2. The minimum atomic E-state index is -3.91. The zero-order chi connectivity index (χ0) is 21.6. The molecule has 11 heteroatoms. The van der Waals surface area contributed by atoms with Gasteiger partial charge in [0.15, 0.2) is 23.0 Å². The van der Waals surface area contributed by atoms with Gasteiger partial charge in [-0.15, -0.1) is 0 Å². The molecule has 0 atom stereocenters. The van der Waals surface area contributed by atoms with Gasteiger partial charge in [0.1, 0.15) is 13.2 Å². The molecule has 1 amide bonds. The number of rotatable bonds is 8. The van der Waals surface area contributed by atoms with E-state index >= 15 is 0 Å². The molecule has 1 aliphatic rings. The van der Waals surface area contributed by atoms with E-state index in [9.17, 15) is 13.2 Å². The van der Waals surface area contributed by atoms with Crippen molar-refractivity contribution >= 4 is 22.1 Å². The Kier molecular flexibility index (Phi) is 6.75. The summed E-state index contributed by atoms with van der Waals surface area (Å²) < 4.78 is 48.1. The van der Waals surface area contributed by atoms with Crippen LogP contribution >= 0.6 is 0 Å². The fourth-order valence-corrected chi connectivity index (χ4v) is 3.58. The summed E-state index contributed by atoms with van der Waals surface area (Å²) in [7, 11) is -0.877. The minimum absolute atomic E-state index is 0.0339. The van der Waals surface area contributed by atoms with Crippen molar-refractivity contribution in [2.24, 2.45) is 5.10 Å². The number of ether oxygens (including phenoxy) is 4. The van der Waals surface area contributed by atoms with Crippen LogP contribution in [0.5, 0.6) is 23.0 Å². The highest BCUT2D eigenvalue weighted by molar-refractivity contribution is 7.89. The monoisotopic (exact) mass is 435 g/mol. The van der Waals surface area contributed by atoms with E-state index in [-0.39, 0.29) is 4.90 Å². The van der Waals surface area contributed by atoms with Crippen LogP contribution in [0, 0.1) is 0 Å². The SMILES string of the molecule is COc1ccc(C=NNC(=O)CNS(=O)(=O)c2ccc3c(c2)OCCO3)cc1OC. The molecule has 0 aromatic heterocycles. The predicted molar refractivity (Wildman–Crippen MR) is 108 cm³/mol. The van der Waals surface area contributed by atoms with Crippen LogP contribution in [-0.2, 0) is 14.8 Å². The lowest BCUT2D eigenvalue weighted by molar-refractivity contribution is -0.119. The van der Waals surface area contributed by atoms with Crippen LogP contribution < -0.4 is 29.1 Å². The number of methoxy groups -OCH3 is 2. The van der Waals surface area contributed by atoms with Crippen LogP contribution in [0.25, 0.3) is 0 Å². The number of hydrogen-bond acceptors (Lipinski definition) is 8. The first-order valence-corrected chi connectivity index (χ1v) is 10.3. The molecule has 0 radical (unpaired) electrons. The average molecular weight is 435 g/mol. The van der Waals surface area contributed by atoms with Gasteiger partial charge in [-0.05, 0) is 35.9 Å². The Morgan fingerprint density at radius 1 is 1.07 bits per heavy atom. The van der Waals surface area contributed by atoms with Gasteiger partial charge < -0.3 is 18.9 Å². The fourth-order valence-electron chi connectivity index (χ4n) is 2.59. The molecule has 0 spiro atoms. The summed E-state index contributed by atoms with van der Waals surface area (Å²) in [5, 5.41) is 3.81. The van der Waals surface area contributed by atoms with Crippen molar-refractivity contribution in [3.05, 3.63) is 42.0 Å². The van der Waals surface area contributed by atoms with E-state index in [1.807, 2.05) is 0 Å². The number of hydrogen-bond donors (Lipinski definition) is 2. The Hall–Kier alpha value is -3.31. The number of carbonyl (C=O) groups is 1. The van der Waals surface area contributed by atoms with Crippen LogP contribution in [0.3, 0.4) is 0 Å². The molecular weight excluding hydrogens is 414 g/mol. The Morgan fingerprint density at radius 3 is 2.53 bits per heavy atom. The molecule has 3 rings (SSSR count). The summed E-state index contributed by atoms with van der Waals surface area (Å²) in [6.45, 7) is 0.256. The maximum absolute atomic E-state index is 12.4. The zero-order valence-corrected chi connectivity index (χ0v) is 17.2. The van der Waals surface area contributed by atoms with E-state index in [1.165, 1.54) is 38.6 Å².